The number of nitrogens with one attached hydrogen (secondary N) is 1. The van der Waals surface area contributed by atoms with Gasteiger partial charge in [-0.15, -0.1) is 23.1 Å². The molecule has 2 aromatic rings. The summed E-state index contributed by atoms with van der Waals surface area (Å²) < 4.78 is 1.46. The van der Waals surface area contributed by atoms with E-state index in [0.717, 1.165) is 19.3 Å². The van der Waals surface area contributed by atoms with Crippen molar-refractivity contribution in [2.24, 2.45) is 0 Å². The fraction of sp³-hybridized carbons (Fsp3) is 0.412. The largest absolute Gasteiger partial charge is 0.396 e. The maximum atomic E-state index is 8.96. The van der Waals surface area contributed by atoms with E-state index in [1.165, 1.54) is 21.0 Å². The highest BCUT2D eigenvalue weighted by atomic mass is 32.2. The number of fused-ring (bicyclic) bond motifs is 1. The van der Waals surface area contributed by atoms with Crippen LogP contribution in [0.25, 0.3) is 0 Å². The van der Waals surface area contributed by atoms with E-state index >= 15 is 0 Å². The van der Waals surface area contributed by atoms with Gasteiger partial charge < -0.3 is 10.4 Å². The zero-order valence-corrected chi connectivity index (χ0v) is 13.8. The molecule has 1 aromatic carbocycles. The summed E-state index contributed by atoms with van der Waals surface area (Å²) in [7, 11) is 0. The number of hydrogen-bond acceptors (Lipinski definition) is 4. The lowest BCUT2D eigenvalue weighted by Crippen LogP contribution is -2.19. The Hall–Kier alpha value is -0.970. The smallest absolute Gasteiger partial charge is 0.0653 e. The van der Waals surface area contributed by atoms with E-state index in [0.29, 0.717) is 11.3 Å². The Bertz CT molecular complexity index is 596. The predicted molar refractivity (Wildman–Crippen MR) is 92.5 cm³/mol. The monoisotopic (exact) mass is 319 g/mol. The zero-order chi connectivity index (χ0) is 14.7. The zero-order valence-electron chi connectivity index (χ0n) is 12.2. The molecule has 0 bridgehead atoms. The van der Waals surface area contributed by atoms with Gasteiger partial charge in [-0.1, -0.05) is 19.1 Å². The number of anilines is 1. The minimum atomic E-state index is 0.257. The summed E-state index contributed by atoms with van der Waals surface area (Å²) in [6.45, 7) is 2.56. The van der Waals surface area contributed by atoms with E-state index < -0.39 is 0 Å². The van der Waals surface area contributed by atoms with E-state index in [1.54, 1.807) is 0 Å². The SMILES string of the molecule is C[C@H]1CC(Nc2cccc(CCCO)c2)c2ccsc2S1. The summed E-state index contributed by atoms with van der Waals surface area (Å²) in [6, 6.07) is 11.3. The number of aliphatic hydroxyl groups excluding tert-OH is 1. The average molecular weight is 319 g/mol. The number of aryl methyl sites for hydroxylation is 1. The fourth-order valence-corrected chi connectivity index (χ4v) is 5.35. The molecule has 2 nitrogen and oxygen atoms in total. The molecule has 2 heterocycles. The maximum absolute atomic E-state index is 8.96. The van der Waals surface area contributed by atoms with Crippen LogP contribution < -0.4 is 5.32 Å². The average Bonchev–Trinajstić information content (AvgIpc) is 2.94. The second-order valence-electron chi connectivity index (χ2n) is 5.55. The molecule has 112 valence electrons. The van der Waals surface area contributed by atoms with Crippen molar-refractivity contribution >= 4 is 28.8 Å². The Balaban J connectivity index is 1.75. The Morgan fingerprint density at radius 2 is 2.24 bits per heavy atom. The molecule has 2 atom stereocenters. The van der Waals surface area contributed by atoms with E-state index in [4.69, 9.17) is 5.11 Å². The summed E-state index contributed by atoms with van der Waals surface area (Å²) >= 11 is 3.85. The van der Waals surface area contributed by atoms with Gasteiger partial charge in [0.1, 0.15) is 0 Å². The lowest BCUT2D eigenvalue weighted by molar-refractivity contribution is 0.288. The number of hydrogen-bond donors (Lipinski definition) is 2. The Morgan fingerprint density at radius 3 is 3.10 bits per heavy atom. The van der Waals surface area contributed by atoms with Crippen LogP contribution in [0.15, 0.2) is 39.9 Å². The van der Waals surface area contributed by atoms with Crippen molar-refractivity contribution in [3.8, 4) is 0 Å². The summed E-state index contributed by atoms with van der Waals surface area (Å²) in [6.07, 6.45) is 2.93. The fourth-order valence-electron chi connectivity index (χ4n) is 2.79. The molecule has 1 aliphatic rings. The first-order valence-corrected chi connectivity index (χ1v) is 9.22. The lowest BCUT2D eigenvalue weighted by atomic mass is 10.0. The Labute approximate surface area is 134 Å². The molecular formula is C17H21NOS2. The van der Waals surface area contributed by atoms with Crippen LogP contribution in [0.1, 0.15) is 36.9 Å². The van der Waals surface area contributed by atoms with Gasteiger partial charge in [-0.25, -0.2) is 0 Å². The number of thiophene rings is 1. The Kier molecular flexibility index (Phi) is 4.88. The van der Waals surface area contributed by atoms with Crippen molar-refractivity contribution in [1.82, 2.24) is 0 Å². The lowest BCUT2D eigenvalue weighted by Gasteiger charge is -2.28. The third-order valence-corrected chi connectivity index (χ3v) is 6.14. The molecule has 21 heavy (non-hydrogen) atoms. The molecule has 0 radical (unpaired) electrons. The second-order valence-corrected chi connectivity index (χ2v) is 8.18. The molecule has 1 aromatic heterocycles. The molecule has 0 spiro atoms. The third-order valence-electron chi connectivity index (χ3n) is 3.80. The second kappa shape index (κ2) is 6.86. The van der Waals surface area contributed by atoms with E-state index in [-0.39, 0.29) is 6.61 Å². The topological polar surface area (TPSA) is 32.3 Å². The van der Waals surface area contributed by atoms with E-state index in [1.807, 2.05) is 23.1 Å². The van der Waals surface area contributed by atoms with Crippen LogP contribution in [0, 0.1) is 0 Å². The maximum Gasteiger partial charge on any atom is 0.0653 e. The molecular weight excluding hydrogens is 298 g/mol. The van der Waals surface area contributed by atoms with Crippen LogP contribution in [0.5, 0.6) is 0 Å². The van der Waals surface area contributed by atoms with E-state index in [2.05, 4.69) is 48.0 Å². The van der Waals surface area contributed by atoms with Crippen molar-refractivity contribution in [3.63, 3.8) is 0 Å². The van der Waals surface area contributed by atoms with Crippen LogP contribution in [0.4, 0.5) is 5.69 Å². The Morgan fingerprint density at radius 1 is 1.33 bits per heavy atom. The van der Waals surface area contributed by atoms with Gasteiger partial charge in [-0.05, 0) is 54.0 Å². The quantitative estimate of drug-likeness (QED) is 0.837. The van der Waals surface area contributed by atoms with Gasteiger partial charge >= 0.3 is 0 Å². The molecule has 0 amide bonds. The van der Waals surface area contributed by atoms with Crippen molar-refractivity contribution in [1.29, 1.82) is 0 Å². The molecule has 0 aliphatic carbocycles. The van der Waals surface area contributed by atoms with Crippen molar-refractivity contribution in [2.45, 2.75) is 41.7 Å². The number of thioether (sulfide) groups is 1. The highest BCUT2D eigenvalue weighted by molar-refractivity contribution is 8.01. The summed E-state index contributed by atoms with van der Waals surface area (Å²) in [5.74, 6) is 0. The highest BCUT2D eigenvalue weighted by Gasteiger charge is 2.26. The highest BCUT2D eigenvalue weighted by Crippen LogP contribution is 2.44. The van der Waals surface area contributed by atoms with Crippen molar-refractivity contribution in [3.05, 3.63) is 46.8 Å². The van der Waals surface area contributed by atoms with Gasteiger partial charge in [0.05, 0.1) is 10.3 Å². The summed E-state index contributed by atoms with van der Waals surface area (Å²) in [5.41, 5.74) is 3.92. The van der Waals surface area contributed by atoms with Gasteiger partial charge in [-0.3, -0.25) is 0 Å². The van der Waals surface area contributed by atoms with Gasteiger partial charge in [0.15, 0.2) is 0 Å². The first-order valence-electron chi connectivity index (χ1n) is 7.46. The minimum absolute atomic E-state index is 0.257. The van der Waals surface area contributed by atoms with E-state index in [9.17, 15) is 0 Å². The molecule has 2 N–H and O–H groups in total. The molecule has 4 heteroatoms. The standard InChI is InChI=1S/C17H21NOS2/c1-12-10-16(15-7-9-20-17(15)21-12)18-14-6-2-4-13(11-14)5-3-8-19/h2,4,6-7,9,11-12,16,18-19H,3,5,8,10H2,1H3/t12-,16?/m0/s1. The van der Waals surface area contributed by atoms with Crippen molar-refractivity contribution in [2.75, 3.05) is 11.9 Å². The van der Waals surface area contributed by atoms with Crippen LogP contribution in [0.3, 0.4) is 0 Å². The normalized spacial score (nSPS) is 21.0. The number of benzene rings is 1. The predicted octanol–water partition coefficient (Wildman–Crippen LogP) is 4.71. The van der Waals surface area contributed by atoms with Gasteiger partial charge in [0, 0.05) is 17.5 Å². The molecule has 0 saturated carbocycles. The van der Waals surface area contributed by atoms with Gasteiger partial charge in [0.2, 0.25) is 0 Å². The summed E-state index contributed by atoms with van der Waals surface area (Å²) in [4.78, 5) is 0. The molecule has 0 fully saturated rings. The first kappa shape index (κ1) is 14.9. The van der Waals surface area contributed by atoms with Crippen LogP contribution in [-0.4, -0.2) is 17.0 Å². The van der Waals surface area contributed by atoms with Crippen LogP contribution in [0.2, 0.25) is 0 Å². The molecule has 1 aliphatic heterocycles. The number of aliphatic hydroxyl groups is 1. The number of rotatable bonds is 5. The third kappa shape index (κ3) is 3.62. The minimum Gasteiger partial charge on any atom is -0.396 e. The van der Waals surface area contributed by atoms with Gasteiger partial charge in [0.25, 0.3) is 0 Å². The van der Waals surface area contributed by atoms with Crippen LogP contribution >= 0.6 is 23.1 Å². The van der Waals surface area contributed by atoms with Crippen LogP contribution in [-0.2, 0) is 6.42 Å². The van der Waals surface area contributed by atoms with Crippen molar-refractivity contribution < 1.29 is 5.11 Å². The summed E-state index contributed by atoms with van der Waals surface area (Å²) in [5, 5.41) is 15.5. The van der Waals surface area contributed by atoms with Gasteiger partial charge in [-0.2, -0.15) is 0 Å². The molecule has 3 rings (SSSR count). The molecule has 1 unspecified atom stereocenters. The first-order chi connectivity index (χ1) is 10.3. The molecule has 0 saturated heterocycles.